The zero-order valence-corrected chi connectivity index (χ0v) is 11.4. The van der Waals surface area contributed by atoms with Gasteiger partial charge in [-0.3, -0.25) is 0 Å². The first kappa shape index (κ1) is 12.7. The molecular weight excluding hydrogens is 253 g/mol. The van der Waals surface area contributed by atoms with E-state index in [0.29, 0.717) is 11.5 Å². The van der Waals surface area contributed by atoms with Crippen molar-refractivity contribution in [3.63, 3.8) is 0 Å². The van der Waals surface area contributed by atoms with Gasteiger partial charge in [0.15, 0.2) is 0 Å². The number of benzene rings is 2. The Labute approximate surface area is 116 Å². The maximum Gasteiger partial charge on any atom is 0.201 e. The molecule has 0 spiro atoms. The number of nitrogens with one attached hydrogen (secondary N) is 2. The Kier molecular flexibility index (Phi) is 3.14. The zero-order valence-electron chi connectivity index (χ0n) is 11.4. The van der Waals surface area contributed by atoms with E-state index in [1.807, 2.05) is 37.3 Å². The van der Waals surface area contributed by atoms with Crippen molar-refractivity contribution in [3.8, 4) is 0 Å². The third-order valence-corrected chi connectivity index (χ3v) is 3.44. The fourth-order valence-corrected chi connectivity index (χ4v) is 2.19. The summed E-state index contributed by atoms with van der Waals surface area (Å²) in [5.41, 5.74) is 3.45. The molecule has 0 aliphatic rings. The molecule has 1 heterocycles. The molecule has 0 amide bonds. The van der Waals surface area contributed by atoms with Gasteiger partial charge < -0.3 is 10.3 Å². The highest BCUT2D eigenvalue weighted by Crippen LogP contribution is 2.21. The third kappa shape index (κ3) is 2.37. The molecule has 3 aromatic rings. The monoisotopic (exact) mass is 269 g/mol. The highest BCUT2D eigenvalue weighted by atomic mass is 19.1. The van der Waals surface area contributed by atoms with Gasteiger partial charge >= 0.3 is 0 Å². The molecule has 0 fully saturated rings. The molecule has 0 bridgehead atoms. The predicted molar refractivity (Wildman–Crippen MR) is 79.3 cm³/mol. The van der Waals surface area contributed by atoms with Crippen LogP contribution in [0.1, 0.15) is 24.1 Å². The van der Waals surface area contributed by atoms with Gasteiger partial charge in [0.2, 0.25) is 5.95 Å². The van der Waals surface area contributed by atoms with E-state index in [2.05, 4.69) is 15.3 Å². The van der Waals surface area contributed by atoms with Crippen molar-refractivity contribution in [3.05, 3.63) is 59.4 Å². The Balaban J connectivity index is 1.84. The van der Waals surface area contributed by atoms with Crippen LogP contribution in [0.3, 0.4) is 0 Å². The molecule has 1 aromatic heterocycles. The van der Waals surface area contributed by atoms with Gasteiger partial charge in [-0.15, -0.1) is 0 Å². The number of hydrogen-bond donors (Lipinski definition) is 2. The number of nitrogens with zero attached hydrogens (tertiary/aromatic N) is 1. The van der Waals surface area contributed by atoms with Gasteiger partial charge in [-0.1, -0.05) is 24.3 Å². The molecule has 1 atom stereocenters. The summed E-state index contributed by atoms with van der Waals surface area (Å²) in [5, 5.41) is 3.26. The fraction of sp³-hybridized carbons (Fsp3) is 0.188. The summed E-state index contributed by atoms with van der Waals surface area (Å²) in [6.45, 7) is 3.74. The summed E-state index contributed by atoms with van der Waals surface area (Å²) in [4.78, 5) is 7.66. The van der Waals surface area contributed by atoms with Crippen LogP contribution in [0.2, 0.25) is 0 Å². The average molecular weight is 269 g/mol. The molecule has 2 N–H and O–H groups in total. The highest BCUT2D eigenvalue weighted by molar-refractivity contribution is 5.77. The molecule has 0 saturated heterocycles. The summed E-state index contributed by atoms with van der Waals surface area (Å²) >= 11 is 0. The van der Waals surface area contributed by atoms with Crippen LogP contribution < -0.4 is 5.32 Å². The van der Waals surface area contributed by atoms with E-state index in [-0.39, 0.29) is 11.9 Å². The summed E-state index contributed by atoms with van der Waals surface area (Å²) in [6, 6.07) is 13.1. The van der Waals surface area contributed by atoms with Crippen LogP contribution in [0.4, 0.5) is 10.3 Å². The smallest absolute Gasteiger partial charge is 0.201 e. The van der Waals surface area contributed by atoms with Crippen LogP contribution in [0.5, 0.6) is 0 Å². The van der Waals surface area contributed by atoms with E-state index in [9.17, 15) is 4.39 Å². The van der Waals surface area contributed by atoms with Crippen molar-refractivity contribution in [1.29, 1.82) is 0 Å². The number of para-hydroxylation sites is 2. The Morgan fingerprint density at radius 1 is 1.20 bits per heavy atom. The second-order valence-electron chi connectivity index (χ2n) is 4.98. The largest absolute Gasteiger partial charge is 0.349 e. The standard InChI is InChI=1S/C16H16FN3/c1-10-7-8-12(9-13(10)17)11(2)18-16-19-14-5-3-4-6-15(14)20-16/h3-9,11H,1-2H3,(H2,18,19,20). The SMILES string of the molecule is Cc1ccc(C(C)Nc2nc3ccccc3[nH]2)cc1F. The topological polar surface area (TPSA) is 40.7 Å². The van der Waals surface area contributed by atoms with Crippen LogP contribution in [-0.2, 0) is 0 Å². The number of rotatable bonds is 3. The number of hydrogen-bond acceptors (Lipinski definition) is 2. The molecule has 20 heavy (non-hydrogen) atoms. The van der Waals surface area contributed by atoms with Gasteiger partial charge in [0, 0.05) is 0 Å². The number of fused-ring (bicyclic) bond motifs is 1. The lowest BCUT2D eigenvalue weighted by molar-refractivity contribution is 0.614. The summed E-state index contributed by atoms with van der Waals surface area (Å²) in [6.07, 6.45) is 0. The molecule has 2 aromatic carbocycles. The number of H-pyrrole nitrogens is 1. The maximum atomic E-state index is 13.6. The van der Waals surface area contributed by atoms with E-state index in [0.717, 1.165) is 16.6 Å². The highest BCUT2D eigenvalue weighted by Gasteiger charge is 2.10. The van der Waals surface area contributed by atoms with Gasteiger partial charge in [0.05, 0.1) is 17.1 Å². The van der Waals surface area contributed by atoms with Gasteiger partial charge in [-0.2, -0.15) is 0 Å². The van der Waals surface area contributed by atoms with Crippen molar-refractivity contribution < 1.29 is 4.39 Å². The molecule has 0 saturated carbocycles. The predicted octanol–water partition coefficient (Wildman–Crippen LogP) is 4.18. The van der Waals surface area contributed by atoms with Crippen molar-refractivity contribution in [2.75, 3.05) is 5.32 Å². The van der Waals surface area contributed by atoms with Crippen molar-refractivity contribution >= 4 is 17.0 Å². The average Bonchev–Trinajstić information content (AvgIpc) is 2.83. The lowest BCUT2D eigenvalue weighted by Gasteiger charge is -2.14. The lowest BCUT2D eigenvalue weighted by Crippen LogP contribution is -2.08. The summed E-state index contributed by atoms with van der Waals surface area (Å²) in [5.74, 6) is 0.514. The van der Waals surface area contributed by atoms with Gasteiger partial charge in [0.25, 0.3) is 0 Å². The number of anilines is 1. The Morgan fingerprint density at radius 2 is 2.00 bits per heavy atom. The third-order valence-electron chi connectivity index (χ3n) is 3.44. The van der Waals surface area contributed by atoms with Gasteiger partial charge in [-0.05, 0) is 43.2 Å². The molecule has 0 aliphatic heterocycles. The number of aromatic amines is 1. The molecule has 4 heteroatoms. The molecule has 102 valence electrons. The van der Waals surface area contributed by atoms with Crippen LogP contribution in [-0.4, -0.2) is 9.97 Å². The first-order valence-corrected chi connectivity index (χ1v) is 6.61. The molecule has 3 nitrogen and oxygen atoms in total. The summed E-state index contributed by atoms with van der Waals surface area (Å²) < 4.78 is 13.6. The number of imidazole rings is 1. The molecule has 3 rings (SSSR count). The Morgan fingerprint density at radius 3 is 2.75 bits per heavy atom. The molecular formula is C16H16FN3. The van der Waals surface area contributed by atoms with Gasteiger partial charge in [-0.25, -0.2) is 9.37 Å². The first-order valence-electron chi connectivity index (χ1n) is 6.61. The van der Waals surface area contributed by atoms with Crippen LogP contribution in [0.15, 0.2) is 42.5 Å². The Bertz CT molecular complexity index is 715. The maximum absolute atomic E-state index is 13.6. The molecule has 0 radical (unpaired) electrons. The van der Waals surface area contributed by atoms with E-state index in [1.165, 1.54) is 0 Å². The van der Waals surface area contributed by atoms with E-state index >= 15 is 0 Å². The number of aryl methyl sites for hydroxylation is 1. The second kappa shape index (κ2) is 4.96. The van der Waals surface area contributed by atoms with Crippen molar-refractivity contribution in [2.45, 2.75) is 19.9 Å². The van der Waals surface area contributed by atoms with Crippen molar-refractivity contribution in [2.24, 2.45) is 0 Å². The van der Waals surface area contributed by atoms with Gasteiger partial charge in [0.1, 0.15) is 5.82 Å². The number of aromatic nitrogens is 2. The fourth-order valence-electron chi connectivity index (χ4n) is 2.19. The van der Waals surface area contributed by atoms with Crippen LogP contribution >= 0.6 is 0 Å². The van der Waals surface area contributed by atoms with Crippen molar-refractivity contribution in [1.82, 2.24) is 9.97 Å². The first-order chi connectivity index (χ1) is 9.63. The normalized spacial score (nSPS) is 12.6. The Hall–Kier alpha value is -2.36. The van der Waals surface area contributed by atoms with E-state index in [1.54, 1.807) is 19.1 Å². The van der Waals surface area contributed by atoms with Crippen LogP contribution in [0.25, 0.3) is 11.0 Å². The van der Waals surface area contributed by atoms with E-state index < -0.39 is 0 Å². The lowest BCUT2D eigenvalue weighted by atomic mass is 10.1. The minimum atomic E-state index is -0.180. The minimum absolute atomic E-state index is 0.0225. The second-order valence-corrected chi connectivity index (χ2v) is 4.98. The molecule has 0 aliphatic carbocycles. The van der Waals surface area contributed by atoms with E-state index in [4.69, 9.17) is 0 Å². The molecule has 1 unspecified atom stereocenters. The quantitative estimate of drug-likeness (QED) is 0.748. The minimum Gasteiger partial charge on any atom is -0.349 e. The van der Waals surface area contributed by atoms with Crippen LogP contribution in [0, 0.1) is 12.7 Å². The summed E-state index contributed by atoms with van der Waals surface area (Å²) in [7, 11) is 0. The zero-order chi connectivity index (χ0) is 14.1. The number of halogens is 1.